The van der Waals surface area contributed by atoms with Crippen molar-refractivity contribution >= 4 is 6.21 Å². The van der Waals surface area contributed by atoms with Crippen LogP contribution in [-0.4, -0.2) is 34.2 Å². The van der Waals surface area contributed by atoms with Crippen LogP contribution in [0, 0.1) is 34.0 Å². The maximum atomic E-state index is 12.0. The lowest BCUT2D eigenvalue weighted by Crippen LogP contribution is -2.72. The van der Waals surface area contributed by atoms with Gasteiger partial charge in [-0.15, -0.1) is 0 Å². The third-order valence-corrected chi connectivity index (χ3v) is 9.75. The lowest BCUT2D eigenvalue weighted by atomic mass is 9.38. The molecule has 6 bridgehead atoms. The highest BCUT2D eigenvalue weighted by atomic mass is 16.3. The molecule has 1 aliphatic heterocycles. The van der Waals surface area contributed by atoms with Crippen LogP contribution in [0.5, 0.6) is 0 Å². The van der Waals surface area contributed by atoms with Crippen molar-refractivity contribution in [2.24, 2.45) is 39.0 Å². The highest BCUT2D eigenvalue weighted by Crippen LogP contribution is 2.82. The lowest BCUT2D eigenvalue weighted by Gasteiger charge is -2.68. The summed E-state index contributed by atoms with van der Waals surface area (Å²) < 4.78 is 0. The van der Waals surface area contributed by atoms with Gasteiger partial charge in [-0.05, 0) is 61.9 Å². The number of aliphatic hydroxyl groups excluding tert-OH is 1. The summed E-state index contributed by atoms with van der Waals surface area (Å²) in [6.45, 7) is 6.50. The third-order valence-electron chi connectivity index (χ3n) is 9.75. The molecule has 6 saturated carbocycles. The Morgan fingerprint density at radius 2 is 2.04 bits per heavy atom. The molecule has 0 unspecified atom stereocenters. The normalized spacial score (nSPS) is 67.6. The summed E-state index contributed by atoms with van der Waals surface area (Å²) in [6, 6.07) is 0.237. The summed E-state index contributed by atoms with van der Waals surface area (Å²) in [4.78, 5) is 5.11. The van der Waals surface area contributed by atoms with Crippen LogP contribution in [0.15, 0.2) is 17.1 Å². The monoisotopic (exact) mass is 313 g/mol. The van der Waals surface area contributed by atoms with E-state index in [2.05, 4.69) is 19.7 Å². The van der Waals surface area contributed by atoms with Crippen molar-refractivity contribution in [1.82, 2.24) is 0 Å². The summed E-state index contributed by atoms with van der Waals surface area (Å²) in [7, 11) is 0. The quantitative estimate of drug-likeness (QED) is 0.676. The molecule has 1 heterocycles. The molecule has 0 aromatic rings. The van der Waals surface area contributed by atoms with Crippen molar-refractivity contribution in [3.05, 3.63) is 12.2 Å². The second kappa shape index (κ2) is 3.48. The van der Waals surface area contributed by atoms with Crippen LogP contribution in [0.4, 0.5) is 0 Å². The van der Waals surface area contributed by atoms with Crippen molar-refractivity contribution in [3.63, 3.8) is 0 Å². The van der Waals surface area contributed by atoms with Crippen LogP contribution in [0.25, 0.3) is 0 Å². The van der Waals surface area contributed by atoms with E-state index in [0.29, 0.717) is 17.8 Å². The topological polar surface area (TPSA) is 52.8 Å². The lowest BCUT2D eigenvalue weighted by molar-refractivity contribution is -0.249. The Hall–Kier alpha value is -0.670. The van der Waals surface area contributed by atoms with E-state index in [1.54, 1.807) is 0 Å². The molecule has 6 fully saturated rings. The SMILES string of the molecule is C=C1[C@@H]2C[C@@H]3[C@]4(CC[C@@]5(O)[C@@]36CCC[C@@]5(C)C=N[C@@H]6[C@@H]4C2)[C@H]1O. The van der Waals surface area contributed by atoms with Gasteiger partial charge in [0.2, 0.25) is 0 Å². The third kappa shape index (κ3) is 1.02. The molecule has 9 atom stereocenters. The molecule has 23 heavy (non-hydrogen) atoms. The first-order valence-electron chi connectivity index (χ1n) is 9.54. The number of aliphatic hydroxyl groups is 2. The van der Waals surface area contributed by atoms with E-state index >= 15 is 0 Å². The molecule has 7 aliphatic rings. The second-order valence-electron chi connectivity index (χ2n) is 9.81. The van der Waals surface area contributed by atoms with Gasteiger partial charge in [-0.1, -0.05) is 19.9 Å². The first kappa shape index (κ1) is 13.6. The van der Waals surface area contributed by atoms with Crippen LogP contribution in [0.2, 0.25) is 0 Å². The highest BCUT2D eigenvalue weighted by Gasteiger charge is 2.84. The van der Waals surface area contributed by atoms with Gasteiger partial charge in [0, 0.05) is 22.5 Å². The number of hydrogen-bond donors (Lipinski definition) is 2. The van der Waals surface area contributed by atoms with E-state index in [1.807, 2.05) is 0 Å². The Bertz CT molecular complexity index is 673. The van der Waals surface area contributed by atoms with Gasteiger partial charge in [-0.25, -0.2) is 0 Å². The van der Waals surface area contributed by atoms with E-state index < -0.39 is 5.60 Å². The minimum atomic E-state index is -0.610. The Morgan fingerprint density at radius 1 is 1.22 bits per heavy atom. The molecule has 3 nitrogen and oxygen atoms in total. The van der Waals surface area contributed by atoms with Crippen molar-refractivity contribution in [3.8, 4) is 0 Å². The molecular weight excluding hydrogens is 286 g/mol. The van der Waals surface area contributed by atoms with Crippen LogP contribution in [-0.2, 0) is 0 Å². The number of aliphatic imine (C=N–C) groups is 1. The average Bonchev–Trinajstić information content (AvgIpc) is 2.62. The van der Waals surface area contributed by atoms with Crippen molar-refractivity contribution < 1.29 is 10.2 Å². The first-order valence-corrected chi connectivity index (χ1v) is 9.54. The fourth-order valence-electron chi connectivity index (χ4n) is 8.94. The van der Waals surface area contributed by atoms with Crippen LogP contribution >= 0.6 is 0 Å². The van der Waals surface area contributed by atoms with Gasteiger partial charge >= 0.3 is 0 Å². The number of hydrogen-bond acceptors (Lipinski definition) is 3. The Labute approximate surface area is 137 Å². The van der Waals surface area contributed by atoms with Gasteiger partial charge in [0.1, 0.15) is 0 Å². The van der Waals surface area contributed by atoms with Crippen LogP contribution < -0.4 is 0 Å². The van der Waals surface area contributed by atoms with Gasteiger partial charge in [0.05, 0.1) is 17.7 Å². The fraction of sp³-hybridized carbons (Fsp3) is 0.850. The molecule has 2 spiro atoms. The molecule has 0 aromatic heterocycles. The molecule has 7 rings (SSSR count). The molecule has 6 aliphatic carbocycles. The minimum absolute atomic E-state index is 0.0390. The van der Waals surface area contributed by atoms with Crippen molar-refractivity contribution in [1.29, 1.82) is 0 Å². The van der Waals surface area contributed by atoms with E-state index in [1.165, 1.54) is 6.42 Å². The molecule has 0 amide bonds. The zero-order valence-electron chi connectivity index (χ0n) is 14.0. The smallest absolute Gasteiger partial charge is 0.0829 e. The first-order chi connectivity index (χ1) is 10.9. The van der Waals surface area contributed by atoms with E-state index in [4.69, 9.17) is 4.99 Å². The number of rotatable bonds is 0. The maximum absolute atomic E-state index is 12.0. The molecule has 2 N–H and O–H groups in total. The molecule has 124 valence electrons. The largest absolute Gasteiger partial charge is 0.388 e. The Morgan fingerprint density at radius 3 is 2.87 bits per heavy atom. The molecule has 3 heteroatoms. The molecule has 0 radical (unpaired) electrons. The molecular formula is C20H27NO2. The highest BCUT2D eigenvalue weighted by molar-refractivity contribution is 5.71. The molecule has 0 saturated heterocycles. The summed E-state index contributed by atoms with van der Waals surface area (Å²) in [5, 5.41) is 23.2. The summed E-state index contributed by atoms with van der Waals surface area (Å²) in [5.74, 6) is 1.35. The van der Waals surface area contributed by atoms with Gasteiger partial charge in [-0.2, -0.15) is 0 Å². The Kier molecular flexibility index (Phi) is 2.06. The average molecular weight is 313 g/mol. The second-order valence-corrected chi connectivity index (χ2v) is 9.81. The van der Waals surface area contributed by atoms with E-state index in [-0.39, 0.29) is 28.4 Å². The van der Waals surface area contributed by atoms with Crippen molar-refractivity contribution in [2.45, 2.75) is 69.6 Å². The zero-order valence-corrected chi connectivity index (χ0v) is 14.0. The van der Waals surface area contributed by atoms with Crippen LogP contribution in [0.1, 0.15) is 51.9 Å². The van der Waals surface area contributed by atoms with E-state index in [9.17, 15) is 10.2 Å². The van der Waals surface area contributed by atoms with E-state index in [0.717, 1.165) is 44.1 Å². The number of fused-ring (bicyclic) bond motifs is 1. The summed E-state index contributed by atoms with van der Waals surface area (Å²) in [6.07, 6.45) is 9.21. The summed E-state index contributed by atoms with van der Waals surface area (Å²) >= 11 is 0. The number of nitrogens with zero attached hydrogens (tertiary/aromatic N) is 1. The predicted octanol–water partition coefficient (Wildman–Crippen LogP) is 2.71. The molecule has 0 aromatic carbocycles. The summed E-state index contributed by atoms with van der Waals surface area (Å²) in [5.41, 5.74) is 0.195. The van der Waals surface area contributed by atoms with Crippen molar-refractivity contribution in [2.75, 3.05) is 0 Å². The van der Waals surface area contributed by atoms with Gasteiger partial charge in [0.15, 0.2) is 0 Å². The maximum Gasteiger partial charge on any atom is 0.0829 e. The standard InChI is InChI=1S/C20H27NO2/c1-11-12-8-13-15-19-5-3-4-17(2,10-21-15)20(19,23)7-6-18(13,16(11)22)14(19)9-12/h10,12-16,22-23H,1,3-9H2,2H3/t12-,13-,14+,15+,16-,17-,18+,19-,20-/m0/s1. The van der Waals surface area contributed by atoms with Gasteiger partial charge < -0.3 is 10.2 Å². The Balaban J connectivity index is 1.67. The van der Waals surface area contributed by atoms with Gasteiger partial charge in [0.25, 0.3) is 0 Å². The minimum Gasteiger partial charge on any atom is -0.388 e. The van der Waals surface area contributed by atoms with Gasteiger partial charge in [-0.3, -0.25) is 4.99 Å². The zero-order chi connectivity index (χ0) is 15.8. The fourth-order valence-corrected chi connectivity index (χ4v) is 8.94. The van der Waals surface area contributed by atoms with Crippen LogP contribution in [0.3, 0.4) is 0 Å². The predicted molar refractivity (Wildman–Crippen MR) is 88.1 cm³/mol.